The monoisotopic (exact) mass is 559 g/mol. The van der Waals surface area contributed by atoms with Crippen LogP contribution in [0.4, 0.5) is 0 Å². The predicted octanol–water partition coefficient (Wildman–Crippen LogP) is 5.43. The van der Waals surface area contributed by atoms with Crippen LogP contribution in [0.5, 0.6) is 28.7 Å². The van der Waals surface area contributed by atoms with E-state index < -0.39 is 17.1 Å². The Balaban J connectivity index is 1.79. The maximum absolute atomic E-state index is 13.7. The second-order valence-corrected chi connectivity index (χ2v) is 10.0. The zero-order valence-electron chi connectivity index (χ0n) is 23.3. The molecule has 1 saturated heterocycles. The molecule has 0 bridgehead atoms. The van der Waals surface area contributed by atoms with Gasteiger partial charge < -0.3 is 33.7 Å². The van der Waals surface area contributed by atoms with Crippen LogP contribution in [0, 0.1) is 0 Å². The lowest BCUT2D eigenvalue weighted by Crippen LogP contribution is -2.36. The highest BCUT2D eigenvalue weighted by Gasteiger charge is 2.32. The molecular weight excluding hydrogens is 526 g/mol. The first-order chi connectivity index (χ1) is 19.9. The fraction of sp³-hybridized carbons (Fsp3) is 0.312. The van der Waals surface area contributed by atoms with Crippen LogP contribution in [0.1, 0.15) is 42.7 Å². The molecule has 0 radical (unpaired) electrons. The van der Waals surface area contributed by atoms with Gasteiger partial charge in [0.05, 0.1) is 21.3 Å². The van der Waals surface area contributed by atoms with Crippen molar-refractivity contribution in [3.05, 3.63) is 75.9 Å². The van der Waals surface area contributed by atoms with Gasteiger partial charge in [0.15, 0.2) is 16.9 Å². The molecule has 2 N–H and O–H groups in total. The van der Waals surface area contributed by atoms with Gasteiger partial charge in [0, 0.05) is 60.3 Å². The molecule has 9 heteroatoms. The van der Waals surface area contributed by atoms with Crippen molar-refractivity contribution < 1.29 is 33.6 Å². The third-order valence-corrected chi connectivity index (χ3v) is 7.60. The largest absolute Gasteiger partial charge is 0.507 e. The number of hydrogen-bond acceptors (Lipinski definition) is 8. The molecule has 1 aliphatic rings. The predicted molar refractivity (Wildman–Crippen MR) is 154 cm³/mol. The normalized spacial score (nSPS) is 14.1. The number of aromatic hydroxyl groups is 2. The van der Waals surface area contributed by atoms with Gasteiger partial charge in [0.2, 0.25) is 5.91 Å². The van der Waals surface area contributed by atoms with E-state index >= 15 is 0 Å². The van der Waals surface area contributed by atoms with Crippen molar-refractivity contribution in [3.8, 4) is 40.1 Å². The number of ether oxygens (including phenoxy) is 3. The Morgan fingerprint density at radius 1 is 0.878 bits per heavy atom. The molecular formula is C32H33NO8. The van der Waals surface area contributed by atoms with Gasteiger partial charge in [-0.2, -0.15) is 0 Å². The minimum absolute atomic E-state index is 0.0119. The molecule has 1 aliphatic heterocycles. The molecule has 1 unspecified atom stereocenters. The quantitative estimate of drug-likeness (QED) is 0.293. The molecule has 3 aromatic carbocycles. The number of piperidine rings is 1. The van der Waals surface area contributed by atoms with E-state index in [1.807, 2.05) is 23.1 Å². The van der Waals surface area contributed by atoms with Gasteiger partial charge in [-0.05, 0) is 25.3 Å². The number of phenols is 2. The number of methoxy groups -OCH3 is 3. The zero-order chi connectivity index (χ0) is 29.1. The molecule has 0 spiro atoms. The Hall–Kier alpha value is -4.66. The third-order valence-electron chi connectivity index (χ3n) is 7.60. The van der Waals surface area contributed by atoms with Gasteiger partial charge in [0.1, 0.15) is 34.0 Å². The number of likely N-dealkylation sites (tertiary alicyclic amines) is 1. The van der Waals surface area contributed by atoms with Crippen molar-refractivity contribution in [2.75, 3.05) is 34.4 Å². The number of fused-ring (bicyclic) bond motifs is 1. The molecule has 0 aliphatic carbocycles. The summed E-state index contributed by atoms with van der Waals surface area (Å²) in [5, 5.41) is 22.0. The summed E-state index contributed by atoms with van der Waals surface area (Å²) in [5.74, 6) is -0.229. The minimum Gasteiger partial charge on any atom is -0.507 e. The smallest absolute Gasteiger partial charge is 0.223 e. The molecule has 2 heterocycles. The molecule has 41 heavy (non-hydrogen) atoms. The van der Waals surface area contributed by atoms with Gasteiger partial charge in [-0.25, -0.2) is 0 Å². The van der Waals surface area contributed by atoms with Crippen LogP contribution in [0.15, 0.2) is 63.8 Å². The number of benzene rings is 3. The van der Waals surface area contributed by atoms with E-state index in [1.165, 1.54) is 27.4 Å². The fourth-order valence-electron chi connectivity index (χ4n) is 5.54. The molecule has 1 atom stereocenters. The summed E-state index contributed by atoms with van der Waals surface area (Å²) in [4.78, 5) is 28.9. The van der Waals surface area contributed by atoms with Crippen LogP contribution in [0.3, 0.4) is 0 Å². The van der Waals surface area contributed by atoms with Crippen LogP contribution in [-0.4, -0.2) is 55.4 Å². The number of hydrogen-bond donors (Lipinski definition) is 2. The van der Waals surface area contributed by atoms with Crippen molar-refractivity contribution in [2.45, 2.75) is 31.6 Å². The first-order valence-electron chi connectivity index (χ1n) is 13.5. The molecule has 1 aromatic heterocycles. The summed E-state index contributed by atoms with van der Waals surface area (Å²) in [6.45, 7) is 1.29. The number of carbonyl (C=O) groups excluding carboxylic acids is 1. The number of amides is 1. The third kappa shape index (κ3) is 5.39. The lowest BCUT2D eigenvalue weighted by atomic mass is 9.85. The minimum atomic E-state index is -0.837. The first kappa shape index (κ1) is 27.9. The second-order valence-electron chi connectivity index (χ2n) is 10.0. The molecule has 0 saturated carbocycles. The Morgan fingerprint density at radius 3 is 2.20 bits per heavy atom. The van der Waals surface area contributed by atoms with Crippen molar-refractivity contribution in [3.63, 3.8) is 0 Å². The van der Waals surface area contributed by atoms with E-state index in [-0.39, 0.29) is 40.4 Å². The second kappa shape index (κ2) is 11.8. The molecule has 9 nitrogen and oxygen atoms in total. The van der Waals surface area contributed by atoms with Gasteiger partial charge in [-0.1, -0.05) is 30.3 Å². The Bertz CT molecular complexity index is 1620. The SMILES string of the molecule is COc1cc(OC)c(C(CC(=O)N2CCCCC2)c2c(O)cc(O)c3c(=O)cc(-c4ccccc4)oc23)cc1OC. The topological polar surface area (TPSA) is 119 Å². The van der Waals surface area contributed by atoms with Crippen LogP contribution >= 0.6 is 0 Å². The Morgan fingerprint density at radius 2 is 1.54 bits per heavy atom. The van der Waals surface area contributed by atoms with Crippen molar-refractivity contribution in [1.29, 1.82) is 0 Å². The number of carbonyl (C=O) groups is 1. The fourth-order valence-corrected chi connectivity index (χ4v) is 5.54. The highest BCUT2D eigenvalue weighted by Crippen LogP contribution is 2.47. The molecule has 214 valence electrons. The van der Waals surface area contributed by atoms with E-state index in [0.29, 0.717) is 41.5 Å². The van der Waals surface area contributed by atoms with Gasteiger partial charge in [0.25, 0.3) is 0 Å². The Kier molecular flexibility index (Phi) is 8.05. The van der Waals surface area contributed by atoms with E-state index in [0.717, 1.165) is 25.3 Å². The summed E-state index contributed by atoms with van der Waals surface area (Å²) in [6, 6.07) is 14.8. The lowest BCUT2D eigenvalue weighted by Gasteiger charge is -2.30. The molecule has 5 rings (SSSR count). The number of nitrogens with zero attached hydrogens (tertiary/aromatic N) is 1. The van der Waals surface area contributed by atoms with Crippen molar-refractivity contribution >= 4 is 16.9 Å². The average Bonchev–Trinajstić information content (AvgIpc) is 3.00. The number of rotatable bonds is 8. The van der Waals surface area contributed by atoms with E-state index in [2.05, 4.69) is 0 Å². The molecule has 1 amide bonds. The summed E-state index contributed by atoms with van der Waals surface area (Å²) in [5.41, 5.74) is 0.852. The van der Waals surface area contributed by atoms with Crippen LogP contribution in [0.25, 0.3) is 22.3 Å². The molecule has 1 fully saturated rings. The van der Waals surface area contributed by atoms with Gasteiger partial charge in [-0.3, -0.25) is 9.59 Å². The van der Waals surface area contributed by atoms with E-state index in [4.69, 9.17) is 18.6 Å². The maximum atomic E-state index is 13.7. The molecule has 4 aromatic rings. The highest BCUT2D eigenvalue weighted by atomic mass is 16.5. The summed E-state index contributed by atoms with van der Waals surface area (Å²) in [7, 11) is 4.50. The maximum Gasteiger partial charge on any atom is 0.223 e. The van der Waals surface area contributed by atoms with E-state index in [9.17, 15) is 19.8 Å². The average molecular weight is 560 g/mol. The highest BCUT2D eigenvalue weighted by molar-refractivity contribution is 5.91. The van der Waals surface area contributed by atoms with Crippen LogP contribution in [0.2, 0.25) is 0 Å². The van der Waals surface area contributed by atoms with Gasteiger partial charge >= 0.3 is 0 Å². The van der Waals surface area contributed by atoms with E-state index in [1.54, 1.807) is 24.3 Å². The summed E-state index contributed by atoms with van der Waals surface area (Å²) in [6.07, 6.45) is 2.84. The van der Waals surface area contributed by atoms with Gasteiger partial charge in [-0.15, -0.1) is 0 Å². The standard InChI is InChI=1S/C32H33NO8/c1-38-26-18-28(40-3)27(39-2)14-20(26)21(15-29(37)33-12-8-5-9-13-33)30-22(34)16-23(35)31-24(36)17-25(41-32(30)31)19-10-6-4-7-11-19/h4,6-7,10-11,14,16-18,21,34-35H,5,8-9,12-13,15H2,1-3H3. The zero-order valence-corrected chi connectivity index (χ0v) is 23.3. The summed E-state index contributed by atoms with van der Waals surface area (Å²) < 4.78 is 23.0. The van der Waals surface area contributed by atoms with Crippen molar-refractivity contribution in [2.24, 2.45) is 0 Å². The van der Waals surface area contributed by atoms with Crippen LogP contribution < -0.4 is 19.6 Å². The van der Waals surface area contributed by atoms with Crippen LogP contribution in [-0.2, 0) is 4.79 Å². The summed E-state index contributed by atoms with van der Waals surface area (Å²) >= 11 is 0. The Labute approximate surface area is 237 Å². The lowest BCUT2D eigenvalue weighted by molar-refractivity contribution is -0.132. The first-order valence-corrected chi connectivity index (χ1v) is 13.5. The number of phenolic OH excluding ortho intramolecular Hbond substituents is 2. The van der Waals surface area contributed by atoms with Crippen molar-refractivity contribution in [1.82, 2.24) is 4.90 Å².